The van der Waals surface area contributed by atoms with Gasteiger partial charge in [-0.05, 0) is 30.5 Å². The van der Waals surface area contributed by atoms with E-state index >= 15 is 0 Å². The number of aromatic nitrogens is 1. The van der Waals surface area contributed by atoms with E-state index in [2.05, 4.69) is 15.6 Å². The topological polar surface area (TPSA) is 80.0 Å². The van der Waals surface area contributed by atoms with Gasteiger partial charge in [0.25, 0.3) is 5.91 Å². The Bertz CT molecular complexity index is 651. The Hall–Kier alpha value is -1.79. The average molecular weight is 323 g/mol. The molecule has 110 valence electrons. The van der Waals surface area contributed by atoms with Crippen molar-refractivity contribution in [3.63, 3.8) is 0 Å². The van der Waals surface area contributed by atoms with Gasteiger partial charge in [0.1, 0.15) is 10.7 Å². The van der Waals surface area contributed by atoms with Crippen molar-refractivity contribution in [2.24, 2.45) is 0 Å². The molecule has 21 heavy (non-hydrogen) atoms. The van der Waals surface area contributed by atoms with Crippen molar-refractivity contribution >= 4 is 39.8 Å². The van der Waals surface area contributed by atoms with E-state index in [-0.39, 0.29) is 11.7 Å². The molecule has 0 radical (unpaired) electrons. The Morgan fingerprint density at radius 1 is 1.38 bits per heavy atom. The van der Waals surface area contributed by atoms with E-state index in [0.29, 0.717) is 27.6 Å². The third-order valence-corrected chi connectivity index (χ3v) is 4.38. The molecule has 4 N–H and O–H groups in total. The number of nitrogens with one attached hydrogen (secondary N) is 2. The maximum atomic E-state index is 12.1. The number of nitrogens with zero attached hydrogens (tertiary/aromatic N) is 1. The van der Waals surface area contributed by atoms with E-state index in [0.717, 1.165) is 18.4 Å². The van der Waals surface area contributed by atoms with Crippen molar-refractivity contribution in [2.75, 3.05) is 11.1 Å². The van der Waals surface area contributed by atoms with Crippen LogP contribution in [0.2, 0.25) is 5.02 Å². The minimum Gasteiger partial charge on any atom is -0.382 e. The summed E-state index contributed by atoms with van der Waals surface area (Å²) in [5.74, 6) is 0.0700. The fourth-order valence-corrected chi connectivity index (χ4v) is 2.83. The highest BCUT2D eigenvalue weighted by Gasteiger charge is 2.24. The molecule has 0 bridgehead atoms. The number of benzene rings is 1. The number of nitrogen functional groups attached to an aromatic ring is 1. The second-order valence-corrected chi connectivity index (χ2v) is 6.40. The van der Waals surface area contributed by atoms with Crippen molar-refractivity contribution in [3.8, 4) is 0 Å². The van der Waals surface area contributed by atoms with Gasteiger partial charge in [-0.15, -0.1) is 0 Å². The van der Waals surface area contributed by atoms with Gasteiger partial charge in [0, 0.05) is 17.6 Å². The zero-order chi connectivity index (χ0) is 14.8. The van der Waals surface area contributed by atoms with Crippen LogP contribution < -0.4 is 16.4 Å². The maximum absolute atomic E-state index is 12.1. The standard InChI is InChI=1S/C14H15ClN4OS/c15-9-3-1-8(2-4-9)7-17-13(20)11-12(16)19-14(21-11)18-10-5-6-10/h1-4,10H,5-7,16H2,(H,17,20)(H,18,19). The van der Waals surface area contributed by atoms with E-state index in [4.69, 9.17) is 17.3 Å². The van der Waals surface area contributed by atoms with Gasteiger partial charge in [0.2, 0.25) is 0 Å². The van der Waals surface area contributed by atoms with Crippen LogP contribution in [0.4, 0.5) is 10.9 Å². The minimum atomic E-state index is -0.205. The van der Waals surface area contributed by atoms with Crippen molar-refractivity contribution in [1.29, 1.82) is 0 Å². The second-order valence-electron chi connectivity index (χ2n) is 4.96. The molecule has 2 aromatic rings. The number of carbonyl (C=O) groups is 1. The van der Waals surface area contributed by atoms with E-state index in [1.165, 1.54) is 11.3 Å². The number of hydrogen-bond acceptors (Lipinski definition) is 5. The summed E-state index contributed by atoms with van der Waals surface area (Å²) in [5.41, 5.74) is 6.79. The Kier molecular flexibility index (Phi) is 3.98. The lowest BCUT2D eigenvalue weighted by molar-refractivity contribution is 0.0955. The van der Waals surface area contributed by atoms with E-state index in [9.17, 15) is 4.79 Å². The van der Waals surface area contributed by atoms with Crippen LogP contribution in [0.25, 0.3) is 0 Å². The Balaban J connectivity index is 1.61. The Morgan fingerprint density at radius 2 is 2.10 bits per heavy atom. The molecule has 1 aromatic heterocycles. The summed E-state index contributed by atoms with van der Waals surface area (Å²) in [7, 11) is 0. The molecule has 0 atom stereocenters. The number of anilines is 2. The number of hydrogen-bond donors (Lipinski definition) is 3. The fourth-order valence-electron chi connectivity index (χ4n) is 1.82. The lowest BCUT2D eigenvalue weighted by atomic mass is 10.2. The SMILES string of the molecule is Nc1nc(NC2CC2)sc1C(=O)NCc1ccc(Cl)cc1. The molecular weight excluding hydrogens is 308 g/mol. The number of halogens is 1. The van der Waals surface area contributed by atoms with Crippen LogP contribution in [-0.2, 0) is 6.54 Å². The number of carbonyl (C=O) groups excluding carboxylic acids is 1. The first kappa shape index (κ1) is 14.2. The van der Waals surface area contributed by atoms with Gasteiger partial charge >= 0.3 is 0 Å². The molecule has 1 aliphatic rings. The van der Waals surface area contributed by atoms with Crippen molar-refractivity contribution in [1.82, 2.24) is 10.3 Å². The summed E-state index contributed by atoms with van der Waals surface area (Å²) in [6.07, 6.45) is 2.30. The third-order valence-electron chi connectivity index (χ3n) is 3.13. The molecule has 3 rings (SSSR count). The van der Waals surface area contributed by atoms with E-state index < -0.39 is 0 Å². The molecule has 0 spiro atoms. The van der Waals surface area contributed by atoms with Crippen molar-refractivity contribution in [2.45, 2.75) is 25.4 Å². The summed E-state index contributed by atoms with van der Waals surface area (Å²) < 4.78 is 0. The number of rotatable bonds is 5. The summed E-state index contributed by atoms with van der Waals surface area (Å²) >= 11 is 7.12. The predicted molar refractivity (Wildman–Crippen MR) is 85.8 cm³/mol. The van der Waals surface area contributed by atoms with Crippen LogP contribution in [0.5, 0.6) is 0 Å². The van der Waals surface area contributed by atoms with Gasteiger partial charge in [-0.2, -0.15) is 0 Å². The van der Waals surface area contributed by atoms with E-state index in [1.54, 1.807) is 12.1 Å². The van der Waals surface area contributed by atoms with Gasteiger partial charge < -0.3 is 16.4 Å². The normalized spacial score (nSPS) is 14.0. The minimum absolute atomic E-state index is 0.205. The zero-order valence-electron chi connectivity index (χ0n) is 11.2. The first-order valence-electron chi connectivity index (χ1n) is 6.67. The largest absolute Gasteiger partial charge is 0.382 e. The smallest absolute Gasteiger partial charge is 0.265 e. The first-order chi connectivity index (χ1) is 10.1. The van der Waals surface area contributed by atoms with Crippen LogP contribution in [0.15, 0.2) is 24.3 Å². The summed E-state index contributed by atoms with van der Waals surface area (Å²) in [5, 5.41) is 7.47. The molecule has 0 saturated heterocycles. The zero-order valence-corrected chi connectivity index (χ0v) is 12.8. The maximum Gasteiger partial charge on any atom is 0.265 e. The molecule has 0 unspecified atom stereocenters. The third kappa shape index (κ3) is 3.65. The Labute approximate surface area is 131 Å². The van der Waals surface area contributed by atoms with Crippen LogP contribution in [0, 0.1) is 0 Å². The number of amides is 1. The number of thiazole rings is 1. The van der Waals surface area contributed by atoms with Gasteiger partial charge in [-0.3, -0.25) is 4.79 Å². The molecule has 0 aliphatic heterocycles. The predicted octanol–water partition coefficient (Wildman–Crippen LogP) is 2.88. The highest BCUT2D eigenvalue weighted by molar-refractivity contribution is 7.18. The van der Waals surface area contributed by atoms with Gasteiger partial charge in [-0.25, -0.2) is 4.98 Å². The summed E-state index contributed by atoms with van der Waals surface area (Å²) in [6.45, 7) is 0.429. The molecule has 1 aliphatic carbocycles. The Morgan fingerprint density at radius 3 is 2.76 bits per heavy atom. The lowest BCUT2D eigenvalue weighted by Crippen LogP contribution is -2.22. The van der Waals surface area contributed by atoms with Crippen molar-refractivity contribution < 1.29 is 4.79 Å². The fraction of sp³-hybridized carbons (Fsp3) is 0.286. The molecule has 1 amide bonds. The summed E-state index contributed by atoms with van der Waals surface area (Å²) in [4.78, 5) is 16.8. The average Bonchev–Trinajstić information content (AvgIpc) is 3.19. The molecule has 7 heteroatoms. The van der Waals surface area contributed by atoms with Crippen LogP contribution in [-0.4, -0.2) is 16.9 Å². The summed E-state index contributed by atoms with van der Waals surface area (Å²) in [6, 6.07) is 7.82. The monoisotopic (exact) mass is 322 g/mol. The quantitative estimate of drug-likeness (QED) is 0.790. The van der Waals surface area contributed by atoms with E-state index in [1.807, 2.05) is 12.1 Å². The van der Waals surface area contributed by atoms with Crippen LogP contribution in [0.1, 0.15) is 28.1 Å². The second kappa shape index (κ2) is 5.91. The first-order valence-corrected chi connectivity index (χ1v) is 7.87. The molecule has 1 fully saturated rings. The highest BCUT2D eigenvalue weighted by Crippen LogP contribution is 2.30. The number of nitrogens with two attached hydrogens (primary N) is 1. The van der Waals surface area contributed by atoms with Gasteiger partial charge in [0.15, 0.2) is 5.13 Å². The molecular formula is C14H15ClN4OS. The van der Waals surface area contributed by atoms with Crippen molar-refractivity contribution in [3.05, 3.63) is 39.7 Å². The van der Waals surface area contributed by atoms with Crippen LogP contribution >= 0.6 is 22.9 Å². The molecule has 1 heterocycles. The highest BCUT2D eigenvalue weighted by atomic mass is 35.5. The lowest BCUT2D eigenvalue weighted by Gasteiger charge is -2.04. The molecule has 1 saturated carbocycles. The van der Waals surface area contributed by atoms with Gasteiger partial charge in [0.05, 0.1) is 0 Å². The molecule has 1 aromatic carbocycles. The van der Waals surface area contributed by atoms with Gasteiger partial charge in [-0.1, -0.05) is 35.1 Å². The van der Waals surface area contributed by atoms with Crippen LogP contribution in [0.3, 0.4) is 0 Å². The molecule has 5 nitrogen and oxygen atoms in total.